The maximum absolute atomic E-state index is 9.17. The first-order valence-corrected chi connectivity index (χ1v) is 6.92. The van der Waals surface area contributed by atoms with Crippen LogP contribution in [-0.4, -0.2) is 4.98 Å². The molecule has 0 saturated carbocycles. The normalized spacial score (nSPS) is 12.1. The molecule has 2 nitrogen and oxygen atoms in total. The molecular weight excluding hydrogens is 240 g/mol. The molecule has 0 aliphatic heterocycles. The van der Waals surface area contributed by atoms with Crippen LogP contribution in [0.1, 0.15) is 35.4 Å². The topological polar surface area (TPSA) is 36.7 Å². The van der Waals surface area contributed by atoms with Crippen molar-refractivity contribution in [3.05, 3.63) is 40.4 Å². The zero-order valence-corrected chi connectivity index (χ0v) is 11.7. The maximum atomic E-state index is 9.17. The molecule has 0 spiro atoms. The second-order valence-electron chi connectivity index (χ2n) is 4.37. The smallest absolute Gasteiger partial charge is 0.124 e. The number of rotatable bonds is 3. The molecule has 1 aromatic heterocycles. The number of benzene rings is 1. The summed E-state index contributed by atoms with van der Waals surface area (Å²) < 4.78 is 0. The van der Waals surface area contributed by atoms with Crippen molar-refractivity contribution >= 4 is 11.3 Å². The van der Waals surface area contributed by atoms with Gasteiger partial charge >= 0.3 is 0 Å². The minimum absolute atomic E-state index is 0.0275. The van der Waals surface area contributed by atoms with Crippen LogP contribution in [0.2, 0.25) is 0 Å². The maximum Gasteiger partial charge on any atom is 0.124 e. The van der Waals surface area contributed by atoms with E-state index < -0.39 is 0 Å². The fourth-order valence-electron chi connectivity index (χ4n) is 1.99. The molecule has 0 N–H and O–H groups in total. The first-order valence-electron chi connectivity index (χ1n) is 6.10. The first-order chi connectivity index (χ1) is 8.67. The molecule has 1 atom stereocenters. The van der Waals surface area contributed by atoms with Crippen molar-refractivity contribution in [3.8, 4) is 16.6 Å². The van der Waals surface area contributed by atoms with Crippen LogP contribution >= 0.6 is 11.3 Å². The monoisotopic (exact) mass is 256 g/mol. The van der Waals surface area contributed by atoms with Gasteiger partial charge in [-0.2, -0.15) is 5.26 Å². The Morgan fingerprint density at radius 3 is 2.67 bits per heavy atom. The number of hydrogen-bond acceptors (Lipinski definition) is 3. The second kappa shape index (κ2) is 5.32. The summed E-state index contributed by atoms with van der Waals surface area (Å²) >= 11 is 1.65. The van der Waals surface area contributed by atoms with E-state index in [1.807, 2.05) is 26.0 Å². The number of aromatic nitrogens is 1. The van der Waals surface area contributed by atoms with Crippen molar-refractivity contribution in [2.75, 3.05) is 0 Å². The van der Waals surface area contributed by atoms with Crippen molar-refractivity contribution in [2.45, 2.75) is 33.1 Å². The number of nitrogens with zero attached hydrogens (tertiary/aromatic N) is 2. The van der Waals surface area contributed by atoms with Crippen molar-refractivity contribution < 1.29 is 0 Å². The van der Waals surface area contributed by atoms with E-state index in [2.05, 4.69) is 30.1 Å². The Labute approximate surface area is 112 Å². The fourth-order valence-corrected chi connectivity index (χ4v) is 3.28. The SMILES string of the molecule is CCC(C#N)c1sc(-c2ccccc2C)nc1C. The van der Waals surface area contributed by atoms with E-state index in [9.17, 15) is 0 Å². The average Bonchev–Trinajstić information content (AvgIpc) is 2.74. The van der Waals surface area contributed by atoms with Crippen molar-refractivity contribution in [3.63, 3.8) is 0 Å². The van der Waals surface area contributed by atoms with Crippen molar-refractivity contribution in [2.24, 2.45) is 0 Å². The van der Waals surface area contributed by atoms with E-state index in [-0.39, 0.29) is 5.92 Å². The molecule has 0 aliphatic rings. The van der Waals surface area contributed by atoms with Gasteiger partial charge in [0, 0.05) is 10.4 Å². The largest absolute Gasteiger partial charge is 0.241 e. The molecule has 0 radical (unpaired) electrons. The van der Waals surface area contributed by atoms with E-state index in [1.54, 1.807) is 11.3 Å². The molecule has 2 aromatic rings. The molecule has 3 heteroatoms. The highest BCUT2D eigenvalue weighted by Crippen LogP contribution is 2.34. The summed E-state index contributed by atoms with van der Waals surface area (Å²) in [5.41, 5.74) is 3.39. The van der Waals surface area contributed by atoms with Gasteiger partial charge in [-0.05, 0) is 25.8 Å². The fraction of sp³-hybridized carbons (Fsp3) is 0.333. The van der Waals surface area contributed by atoms with Crippen LogP contribution in [0.3, 0.4) is 0 Å². The molecule has 1 aromatic carbocycles. The Morgan fingerprint density at radius 2 is 2.06 bits per heavy atom. The Morgan fingerprint density at radius 1 is 1.33 bits per heavy atom. The molecule has 0 aliphatic carbocycles. The number of hydrogen-bond donors (Lipinski definition) is 0. The van der Waals surface area contributed by atoms with Gasteiger partial charge < -0.3 is 0 Å². The van der Waals surface area contributed by atoms with Crippen molar-refractivity contribution in [1.29, 1.82) is 5.26 Å². The number of nitriles is 1. The molecular formula is C15H16N2S. The highest BCUT2D eigenvalue weighted by Gasteiger charge is 2.17. The second-order valence-corrected chi connectivity index (χ2v) is 5.40. The van der Waals surface area contributed by atoms with Gasteiger partial charge in [-0.25, -0.2) is 4.98 Å². The number of aryl methyl sites for hydroxylation is 2. The summed E-state index contributed by atoms with van der Waals surface area (Å²) in [5, 5.41) is 10.2. The Kier molecular flexibility index (Phi) is 3.78. The van der Waals surface area contributed by atoms with Crippen LogP contribution in [-0.2, 0) is 0 Å². The lowest BCUT2D eigenvalue weighted by molar-refractivity contribution is 0.824. The van der Waals surface area contributed by atoms with Crippen LogP contribution < -0.4 is 0 Å². The average molecular weight is 256 g/mol. The third-order valence-electron chi connectivity index (χ3n) is 3.09. The molecule has 1 unspecified atom stereocenters. The van der Waals surface area contributed by atoms with E-state index in [0.29, 0.717) is 0 Å². The highest BCUT2D eigenvalue weighted by molar-refractivity contribution is 7.15. The quantitative estimate of drug-likeness (QED) is 0.813. The lowest BCUT2D eigenvalue weighted by Gasteiger charge is -2.02. The molecule has 2 rings (SSSR count). The van der Waals surface area contributed by atoms with Gasteiger partial charge in [0.05, 0.1) is 17.7 Å². The van der Waals surface area contributed by atoms with E-state index >= 15 is 0 Å². The van der Waals surface area contributed by atoms with Crippen LogP contribution in [0.15, 0.2) is 24.3 Å². The summed E-state index contributed by atoms with van der Waals surface area (Å²) in [6.07, 6.45) is 0.840. The molecule has 92 valence electrons. The van der Waals surface area contributed by atoms with Gasteiger partial charge in [0.25, 0.3) is 0 Å². The van der Waals surface area contributed by atoms with Crippen LogP contribution in [0.5, 0.6) is 0 Å². The standard InChI is InChI=1S/C15H16N2S/c1-4-12(9-16)14-11(3)17-15(18-14)13-8-6-5-7-10(13)2/h5-8,12H,4H2,1-3H3. The van der Waals surface area contributed by atoms with Gasteiger partial charge in [-0.1, -0.05) is 31.2 Å². The third kappa shape index (κ3) is 2.30. The zero-order valence-electron chi connectivity index (χ0n) is 10.9. The van der Waals surface area contributed by atoms with Crippen LogP contribution in [0, 0.1) is 25.2 Å². The van der Waals surface area contributed by atoms with Gasteiger partial charge in [-0.3, -0.25) is 0 Å². The first kappa shape index (κ1) is 12.8. The van der Waals surface area contributed by atoms with Gasteiger partial charge in [0.1, 0.15) is 5.01 Å². The van der Waals surface area contributed by atoms with E-state index in [1.165, 1.54) is 11.1 Å². The molecule has 18 heavy (non-hydrogen) atoms. The summed E-state index contributed by atoms with van der Waals surface area (Å²) in [5.74, 6) is -0.0275. The highest BCUT2D eigenvalue weighted by atomic mass is 32.1. The summed E-state index contributed by atoms with van der Waals surface area (Å²) in [6, 6.07) is 10.6. The van der Waals surface area contributed by atoms with Gasteiger partial charge in [0.2, 0.25) is 0 Å². The molecule has 0 bridgehead atoms. The van der Waals surface area contributed by atoms with Gasteiger partial charge in [0.15, 0.2) is 0 Å². The van der Waals surface area contributed by atoms with E-state index in [4.69, 9.17) is 5.26 Å². The molecule has 0 saturated heterocycles. The van der Waals surface area contributed by atoms with Crippen LogP contribution in [0.4, 0.5) is 0 Å². The third-order valence-corrected chi connectivity index (χ3v) is 4.39. The molecule has 0 amide bonds. The minimum Gasteiger partial charge on any atom is -0.241 e. The molecule has 0 fully saturated rings. The predicted octanol–water partition coefficient (Wildman–Crippen LogP) is 4.44. The Balaban J connectivity index is 2.47. The minimum atomic E-state index is -0.0275. The van der Waals surface area contributed by atoms with E-state index in [0.717, 1.165) is 22.0 Å². The summed E-state index contributed by atoms with van der Waals surface area (Å²) in [6.45, 7) is 6.13. The zero-order chi connectivity index (χ0) is 13.1. The lowest BCUT2D eigenvalue weighted by atomic mass is 10.1. The van der Waals surface area contributed by atoms with Crippen molar-refractivity contribution in [1.82, 2.24) is 4.98 Å². The number of thiazole rings is 1. The Bertz CT molecular complexity index is 593. The lowest BCUT2D eigenvalue weighted by Crippen LogP contribution is -1.92. The predicted molar refractivity (Wildman–Crippen MR) is 75.7 cm³/mol. The Hall–Kier alpha value is -1.66. The summed E-state index contributed by atoms with van der Waals surface area (Å²) in [4.78, 5) is 5.74. The van der Waals surface area contributed by atoms with Crippen LogP contribution in [0.25, 0.3) is 10.6 Å². The summed E-state index contributed by atoms with van der Waals surface area (Å²) in [7, 11) is 0. The molecule has 1 heterocycles. The van der Waals surface area contributed by atoms with Gasteiger partial charge in [-0.15, -0.1) is 11.3 Å².